The summed E-state index contributed by atoms with van der Waals surface area (Å²) in [5.41, 5.74) is -7.98. The molecule has 370 valence electrons. The number of hydrogen-bond acceptors (Lipinski definition) is 2. The number of para-hydroxylation sites is 2. The smallest absolute Gasteiger partial charge is 0.307 e. The molecule has 0 bridgehead atoms. The number of nitrogens with zero attached hydrogens (tertiary/aromatic N) is 4. The van der Waals surface area contributed by atoms with Crippen molar-refractivity contribution in [2.75, 3.05) is 0 Å². The van der Waals surface area contributed by atoms with E-state index in [1.54, 1.807) is 63.7 Å². The van der Waals surface area contributed by atoms with Gasteiger partial charge in [0.1, 0.15) is 0 Å². The van der Waals surface area contributed by atoms with Gasteiger partial charge >= 0.3 is 30.9 Å². The van der Waals surface area contributed by atoms with Crippen molar-refractivity contribution in [2.45, 2.75) is 30.9 Å². The zero-order chi connectivity index (χ0) is 53.0. The van der Waals surface area contributed by atoms with Crippen molar-refractivity contribution in [1.29, 1.82) is 10.5 Å². The predicted molar refractivity (Wildman–Crippen MR) is 246 cm³/mol. The van der Waals surface area contributed by atoms with E-state index in [-0.39, 0.29) is 67.7 Å². The summed E-state index contributed by atoms with van der Waals surface area (Å²) in [5.74, 6) is 0. The van der Waals surface area contributed by atoms with Crippen molar-refractivity contribution in [3.8, 4) is 56.9 Å². The maximum absolute atomic E-state index is 14.4. The van der Waals surface area contributed by atoms with Crippen LogP contribution in [0.3, 0.4) is 0 Å². The van der Waals surface area contributed by atoms with Crippen LogP contribution >= 0.6 is 0 Å². The van der Waals surface area contributed by atoms with Gasteiger partial charge in [-0.05, 0) is 131 Å². The lowest BCUT2D eigenvalue weighted by Crippen LogP contribution is -2.11. The molecule has 0 unspecified atom stereocenters. The number of rotatable bonds is 5. The van der Waals surface area contributed by atoms with Crippen LogP contribution in [0.15, 0.2) is 152 Å². The molecule has 0 saturated heterocycles. The third-order valence-corrected chi connectivity index (χ3v) is 12.6. The third-order valence-electron chi connectivity index (χ3n) is 12.6. The molecule has 0 saturated carbocycles. The van der Waals surface area contributed by atoms with Gasteiger partial charge in [-0.1, -0.05) is 48.5 Å². The van der Waals surface area contributed by atoms with Crippen LogP contribution in [0.4, 0.5) is 65.9 Å². The fraction of sp³-hybridized carbons (Fsp3) is 0.0909. The molecule has 0 atom stereocenters. The zero-order valence-electron chi connectivity index (χ0n) is 36.9. The Kier molecular flexibility index (Phi) is 11.2. The first-order valence-electron chi connectivity index (χ1n) is 21.6. The molecule has 19 heteroatoms. The van der Waals surface area contributed by atoms with Gasteiger partial charge in [0.05, 0.1) is 84.5 Å². The van der Waals surface area contributed by atoms with E-state index in [0.717, 1.165) is 12.1 Å². The van der Waals surface area contributed by atoms with Crippen LogP contribution in [-0.4, -0.2) is 9.13 Å². The first kappa shape index (κ1) is 48.9. The Bertz CT molecular complexity index is 3970. The highest BCUT2D eigenvalue weighted by molar-refractivity contribution is 6.13. The highest BCUT2D eigenvalue weighted by Crippen LogP contribution is 2.46. The number of alkyl halides is 15. The maximum atomic E-state index is 14.4. The average molecular weight is 1030 g/mol. The summed E-state index contributed by atoms with van der Waals surface area (Å²) in [7, 11) is 0. The maximum Gasteiger partial charge on any atom is 0.416 e. The Morgan fingerprint density at radius 3 is 1.07 bits per heavy atom. The van der Waals surface area contributed by atoms with Crippen LogP contribution in [0.1, 0.15) is 38.9 Å². The zero-order valence-corrected chi connectivity index (χ0v) is 36.9. The van der Waals surface area contributed by atoms with Gasteiger partial charge in [0.25, 0.3) is 0 Å². The molecule has 4 nitrogen and oxygen atoms in total. The Morgan fingerprint density at radius 1 is 0.311 bits per heavy atom. The molecule has 8 aromatic carbocycles. The number of nitriles is 2. The van der Waals surface area contributed by atoms with Gasteiger partial charge in [0.2, 0.25) is 0 Å². The number of fused-ring (bicyclic) bond motifs is 6. The second-order valence-electron chi connectivity index (χ2n) is 17.2. The van der Waals surface area contributed by atoms with Crippen molar-refractivity contribution in [3.63, 3.8) is 0 Å². The molecule has 2 aromatic heterocycles. The predicted octanol–water partition coefficient (Wildman–Crippen LogP) is 17.7. The second-order valence-corrected chi connectivity index (χ2v) is 17.2. The highest BCUT2D eigenvalue weighted by Gasteiger charge is 2.39. The van der Waals surface area contributed by atoms with Gasteiger partial charge in [0.15, 0.2) is 0 Å². The second kappa shape index (κ2) is 16.9. The molecule has 0 spiro atoms. The summed E-state index contributed by atoms with van der Waals surface area (Å²) >= 11 is 0. The summed E-state index contributed by atoms with van der Waals surface area (Å²) < 4.78 is 215. The van der Waals surface area contributed by atoms with Crippen molar-refractivity contribution in [3.05, 3.63) is 191 Å². The van der Waals surface area contributed by atoms with Crippen molar-refractivity contribution in [2.24, 2.45) is 0 Å². The van der Waals surface area contributed by atoms with Gasteiger partial charge in [-0.2, -0.15) is 76.4 Å². The molecule has 10 rings (SSSR count). The molecule has 74 heavy (non-hydrogen) atoms. The van der Waals surface area contributed by atoms with E-state index in [9.17, 15) is 76.4 Å². The fourth-order valence-electron chi connectivity index (χ4n) is 9.34. The Balaban J connectivity index is 1.30. The quantitative estimate of drug-likeness (QED) is 0.161. The number of halogens is 15. The van der Waals surface area contributed by atoms with Crippen LogP contribution in [0.2, 0.25) is 0 Å². The first-order valence-corrected chi connectivity index (χ1v) is 21.6. The molecule has 0 radical (unpaired) electrons. The summed E-state index contributed by atoms with van der Waals surface area (Å²) in [4.78, 5) is 0. The summed E-state index contributed by atoms with van der Waals surface area (Å²) in [6.45, 7) is 0. The molecule has 0 N–H and O–H groups in total. The summed E-state index contributed by atoms with van der Waals surface area (Å²) in [6, 6.07) is 32.3. The van der Waals surface area contributed by atoms with E-state index in [4.69, 9.17) is 0 Å². The van der Waals surface area contributed by atoms with Gasteiger partial charge in [-0.25, -0.2) is 0 Å². The largest absolute Gasteiger partial charge is 0.416 e. The van der Waals surface area contributed by atoms with Gasteiger partial charge in [-0.3, -0.25) is 0 Å². The van der Waals surface area contributed by atoms with E-state index >= 15 is 0 Å². The van der Waals surface area contributed by atoms with Crippen molar-refractivity contribution < 1.29 is 65.9 Å². The molecule has 0 aliphatic rings. The Labute approximate surface area is 406 Å². The van der Waals surface area contributed by atoms with Crippen molar-refractivity contribution in [1.82, 2.24) is 9.13 Å². The highest BCUT2D eigenvalue weighted by atomic mass is 19.4. The number of aromatic nitrogens is 2. The Hall–Kier alpha value is -8.71. The first-order chi connectivity index (χ1) is 34.7. The van der Waals surface area contributed by atoms with Gasteiger partial charge in [0, 0.05) is 27.1 Å². The average Bonchev–Trinajstić information content (AvgIpc) is 3.86. The lowest BCUT2D eigenvalue weighted by atomic mass is 9.94. The van der Waals surface area contributed by atoms with E-state index < -0.39 is 75.4 Å². The molecule has 0 amide bonds. The normalized spacial score (nSPS) is 12.8. The number of hydrogen-bond donors (Lipinski definition) is 0. The van der Waals surface area contributed by atoms with Crippen LogP contribution in [0, 0.1) is 22.7 Å². The van der Waals surface area contributed by atoms with Crippen LogP contribution in [0.25, 0.3) is 88.4 Å². The Morgan fingerprint density at radius 2 is 0.676 bits per heavy atom. The van der Waals surface area contributed by atoms with Crippen LogP contribution in [0.5, 0.6) is 0 Å². The van der Waals surface area contributed by atoms with Crippen LogP contribution < -0.4 is 0 Å². The minimum atomic E-state index is -5.17. The van der Waals surface area contributed by atoms with E-state index in [0.29, 0.717) is 57.5 Å². The minimum Gasteiger partial charge on any atom is -0.307 e. The molecule has 10 aromatic rings. The van der Waals surface area contributed by atoms with E-state index in [1.807, 2.05) is 6.07 Å². The summed E-state index contributed by atoms with van der Waals surface area (Å²) in [5, 5.41) is 22.0. The summed E-state index contributed by atoms with van der Waals surface area (Å²) in [6.07, 6.45) is -25.6. The molecule has 2 heterocycles. The molecular formula is C55H25F15N4. The van der Waals surface area contributed by atoms with E-state index in [1.165, 1.54) is 48.5 Å². The minimum absolute atomic E-state index is 0.00312. The molecule has 0 fully saturated rings. The molecule has 0 aliphatic heterocycles. The molecular weight excluding hydrogens is 1000 g/mol. The molecule has 0 aliphatic carbocycles. The van der Waals surface area contributed by atoms with E-state index in [2.05, 4.69) is 0 Å². The number of benzene rings is 8. The van der Waals surface area contributed by atoms with Crippen LogP contribution in [-0.2, 0) is 30.9 Å². The topological polar surface area (TPSA) is 57.4 Å². The standard InChI is InChI=1S/C55H25F15N4/c56-51(57,58)35-14-28(26-71)13-33(19-35)42-25-50(74-46-8-4-2-6-41(46)44-21-30(10-12-48(44)74)32-17-38(54(65,66)67)24-39(18-32)55(68,69)70)49(22-34(42)27-72)73-45-7-3-1-5-40(45)43-20-29(9-11-47(43)73)31-15-36(52(59,60)61)23-37(16-31)53(62,63)64/h1-25H. The van der Waals surface area contributed by atoms with Gasteiger partial charge < -0.3 is 9.13 Å². The lowest BCUT2D eigenvalue weighted by molar-refractivity contribution is -0.144. The monoisotopic (exact) mass is 1030 g/mol. The third kappa shape index (κ3) is 8.57. The SMILES string of the molecule is N#Cc1cc(-c2cc(-n3c4ccccc4c4cc(-c5cc(C(F)(F)F)cc(C(F)(F)F)c5)ccc43)c(-n3c4ccccc4c4cc(-c5cc(C(F)(F)F)cc(C(F)(F)F)c5)ccc43)cc2C#N)cc(C(F)(F)F)c1. The fourth-order valence-corrected chi connectivity index (χ4v) is 9.34. The lowest BCUT2D eigenvalue weighted by Gasteiger charge is -2.20. The van der Waals surface area contributed by atoms with Gasteiger partial charge in [-0.15, -0.1) is 0 Å². The van der Waals surface area contributed by atoms with Crippen molar-refractivity contribution >= 4 is 43.6 Å².